The number of aromatic nitrogens is 3. The van der Waals surface area contributed by atoms with Gasteiger partial charge in [0.25, 0.3) is 0 Å². The van der Waals surface area contributed by atoms with Crippen LogP contribution in [0.1, 0.15) is 19.8 Å². The van der Waals surface area contributed by atoms with Crippen molar-refractivity contribution >= 4 is 17.7 Å². The molecule has 0 bridgehead atoms. The summed E-state index contributed by atoms with van der Waals surface area (Å²) in [5.74, 6) is 1.93. The van der Waals surface area contributed by atoms with Gasteiger partial charge in [-0.2, -0.15) is 0 Å². The molecular weight excluding hydrogens is 368 g/mol. The highest BCUT2D eigenvalue weighted by Gasteiger charge is 2.32. The highest BCUT2D eigenvalue weighted by atomic mass is 32.2. The number of rotatable bonds is 7. The molecule has 1 aromatic heterocycles. The molecule has 1 aliphatic rings. The largest absolute Gasteiger partial charge is 0.342 e. The summed E-state index contributed by atoms with van der Waals surface area (Å²) >= 11 is 1.44. The van der Waals surface area contributed by atoms with Crippen LogP contribution in [0.3, 0.4) is 0 Å². The third-order valence-corrected chi connectivity index (χ3v) is 6.23. The highest BCUT2D eigenvalue weighted by molar-refractivity contribution is 7.99. The Bertz CT molecular complexity index is 938. The van der Waals surface area contributed by atoms with E-state index in [9.17, 15) is 4.79 Å². The van der Waals surface area contributed by atoms with Crippen LogP contribution in [0.25, 0.3) is 17.1 Å². The first-order chi connectivity index (χ1) is 13.6. The molecule has 2 aromatic carbocycles. The van der Waals surface area contributed by atoms with Gasteiger partial charge in [0, 0.05) is 24.3 Å². The van der Waals surface area contributed by atoms with Crippen LogP contribution in [0.4, 0.5) is 0 Å². The van der Waals surface area contributed by atoms with Gasteiger partial charge in [0.1, 0.15) is 0 Å². The molecule has 1 heterocycles. The molecule has 0 radical (unpaired) electrons. The summed E-state index contributed by atoms with van der Waals surface area (Å²) in [6.07, 6.45) is 2.46. The Balaban J connectivity index is 1.58. The van der Waals surface area contributed by atoms with Gasteiger partial charge in [-0.25, -0.2) is 0 Å². The van der Waals surface area contributed by atoms with Crippen molar-refractivity contribution in [2.24, 2.45) is 5.92 Å². The quantitative estimate of drug-likeness (QED) is 0.563. The van der Waals surface area contributed by atoms with Gasteiger partial charge >= 0.3 is 0 Å². The lowest BCUT2D eigenvalue weighted by molar-refractivity contribution is -0.129. The van der Waals surface area contributed by atoms with Crippen molar-refractivity contribution in [2.75, 3.05) is 12.8 Å². The summed E-state index contributed by atoms with van der Waals surface area (Å²) < 4.78 is 2.03. The summed E-state index contributed by atoms with van der Waals surface area (Å²) in [7, 11) is 1.91. The fraction of sp³-hybridized carbons (Fsp3) is 0.318. The number of hydrogen-bond donors (Lipinski definition) is 0. The average Bonchev–Trinajstić information content (AvgIpc) is 3.51. The molecule has 5 nitrogen and oxygen atoms in total. The van der Waals surface area contributed by atoms with E-state index < -0.39 is 0 Å². The van der Waals surface area contributed by atoms with Crippen LogP contribution in [-0.2, 0) is 4.79 Å². The third-order valence-electron chi connectivity index (χ3n) is 5.31. The topological polar surface area (TPSA) is 51.0 Å². The monoisotopic (exact) mass is 392 g/mol. The summed E-state index contributed by atoms with van der Waals surface area (Å²) in [5, 5.41) is 9.55. The fourth-order valence-corrected chi connectivity index (χ4v) is 4.17. The van der Waals surface area contributed by atoms with Crippen LogP contribution in [-0.4, -0.2) is 44.4 Å². The molecule has 0 saturated heterocycles. The van der Waals surface area contributed by atoms with Gasteiger partial charge in [-0.1, -0.05) is 60.3 Å². The summed E-state index contributed by atoms with van der Waals surface area (Å²) in [6.45, 7) is 2.14. The zero-order chi connectivity index (χ0) is 19.5. The first-order valence-electron chi connectivity index (χ1n) is 9.60. The van der Waals surface area contributed by atoms with Gasteiger partial charge in [-0.3, -0.25) is 9.36 Å². The zero-order valence-corrected chi connectivity index (χ0v) is 17.0. The van der Waals surface area contributed by atoms with Gasteiger partial charge in [-0.05, 0) is 37.8 Å². The predicted octanol–water partition coefficient (Wildman–Crippen LogP) is 4.28. The van der Waals surface area contributed by atoms with E-state index in [0.717, 1.165) is 22.2 Å². The Hall–Kier alpha value is -2.60. The first-order valence-corrected chi connectivity index (χ1v) is 10.6. The van der Waals surface area contributed by atoms with Crippen molar-refractivity contribution in [2.45, 2.75) is 31.0 Å². The number of carbonyl (C=O) groups is 1. The number of benzene rings is 2. The lowest BCUT2D eigenvalue weighted by atomic mass is 10.2. The third kappa shape index (κ3) is 3.97. The summed E-state index contributed by atoms with van der Waals surface area (Å²) in [6, 6.07) is 20.4. The standard InChI is InChI=1S/C22H24N4OS/c1-16(17-13-14-17)25(2)20(27)15-28-22-24-23-21(18-9-5-3-6-10-18)26(22)19-11-7-4-8-12-19/h3-12,16-17H,13-15H2,1-2H3. The van der Waals surface area contributed by atoms with Crippen LogP contribution in [0.5, 0.6) is 0 Å². The van der Waals surface area contributed by atoms with Gasteiger partial charge in [0.2, 0.25) is 5.91 Å². The van der Waals surface area contributed by atoms with E-state index in [1.807, 2.05) is 77.2 Å². The lowest BCUT2D eigenvalue weighted by Gasteiger charge is -2.24. The van der Waals surface area contributed by atoms with Crippen molar-refractivity contribution in [3.05, 3.63) is 60.7 Å². The predicted molar refractivity (Wildman–Crippen MR) is 112 cm³/mol. The van der Waals surface area contributed by atoms with Gasteiger partial charge in [0.05, 0.1) is 5.75 Å². The number of nitrogens with zero attached hydrogens (tertiary/aromatic N) is 4. The van der Waals surface area contributed by atoms with Crippen molar-refractivity contribution in [3.8, 4) is 17.1 Å². The number of hydrogen-bond acceptors (Lipinski definition) is 4. The number of thioether (sulfide) groups is 1. The minimum atomic E-state index is 0.133. The van der Waals surface area contributed by atoms with E-state index in [2.05, 4.69) is 17.1 Å². The van der Waals surface area contributed by atoms with Crippen LogP contribution >= 0.6 is 11.8 Å². The van der Waals surface area contributed by atoms with E-state index in [1.165, 1.54) is 24.6 Å². The van der Waals surface area contributed by atoms with E-state index in [-0.39, 0.29) is 5.91 Å². The smallest absolute Gasteiger partial charge is 0.233 e. The number of amides is 1. The van der Waals surface area contributed by atoms with Crippen molar-refractivity contribution < 1.29 is 4.79 Å². The minimum absolute atomic E-state index is 0.133. The van der Waals surface area contributed by atoms with E-state index in [0.29, 0.717) is 17.7 Å². The van der Waals surface area contributed by atoms with E-state index in [4.69, 9.17) is 0 Å². The molecule has 1 aliphatic carbocycles. The van der Waals surface area contributed by atoms with Crippen LogP contribution in [0.15, 0.2) is 65.8 Å². The molecule has 1 unspecified atom stereocenters. The maximum Gasteiger partial charge on any atom is 0.233 e. The summed E-state index contributed by atoms with van der Waals surface area (Å²) in [4.78, 5) is 14.5. The Labute approximate surface area is 169 Å². The second-order valence-corrected chi connectivity index (χ2v) is 8.16. The van der Waals surface area contributed by atoms with Gasteiger partial charge < -0.3 is 4.90 Å². The molecule has 3 aromatic rings. The maximum atomic E-state index is 12.7. The Kier molecular flexibility index (Phi) is 5.48. The molecule has 4 rings (SSSR count). The van der Waals surface area contributed by atoms with E-state index >= 15 is 0 Å². The maximum absolute atomic E-state index is 12.7. The molecule has 1 atom stereocenters. The van der Waals surface area contributed by atoms with Crippen LogP contribution in [0, 0.1) is 5.92 Å². The van der Waals surface area contributed by atoms with Crippen molar-refractivity contribution in [3.63, 3.8) is 0 Å². The Morgan fingerprint density at radius 1 is 1.11 bits per heavy atom. The second kappa shape index (κ2) is 8.19. The van der Waals surface area contributed by atoms with Crippen LogP contribution < -0.4 is 0 Å². The van der Waals surface area contributed by atoms with Crippen molar-refractivity contribution in [1.29, 1.82) is 0 Å². The highest BCUT2D eigenvalue weighted by Crippen LogP contribution is 2.35. The Morgan fingerprint density at radius 3 is 2.39 bits per heavy atom. The zero-order valence-electron chi connectivity index (χ0n) is 16.2. The SMILES string of the molecule is CC(C1CC1)N(C)C(=O)CSc1nnc(-c2ccccc2)n1-c1ccccc1. The molecule has 0 spiro atoms. The Morgan fingerprint density at radius 2 is 1.75 bits per heavy atom. The number of para-hydroxylation sites is 1. The molecule has 144 valence electrons. The number of carbonyl (C=O) groups excluding carboxylic acids is 1. The normalized spacial score (nSPS) is 14.6. The van der Waals surface area contributed by atoms with Gasteiger partial charge in [-0.15, -0.1) is 10.2 Å². The molecule has 1 amide bonds. The molecule has 28 heavy (non-hydrogen) atoms. The van der Waals surface area contributed by atoms with Crippen molar-refractivity contribution in [1.82, 2.24) is 19.7 Å². The summed E-state index contributed by atoms with van der Waals surface area (Å²) in [5.41, 5.74) is 1.98. The van der Waals surface area contributed by atoms with Gasteiger partial charge in [0.15, 0.2) is 11.0 Å². The first kappa shape index (κ1) is 18.7. The fourth-order valence-electron chi connectivity index (χ4n) is 3.30. The minimum Gasteiger partial charge on any atom is -0.342 e. The molecular formula is C22H24N4OS. The molecule has 1 fully saturated rings. The second-order valence-electron chi connectivity index (χ2n) is 7.21. The average molecular weight is 393 g/mol. The molecule has 1 saturated carbocycles. The van der Waals surface area contributed by atoms with Crippen LogP contribution in [0.2, 0.25) is 0 Å². The van der Waals surface area contributed by atoms with E-state index in [1.54, 1.807) is 0 Å². The lowest BCUT2D eigenvalue weighted by Crippen LogP contribution is -2.37. The molecule has 6 heteroatoms. The molecule has 0 N–H and O–H groups in total. The molecule has 0 aliphatic heterocycles.